The summed E-state index contributed by atoms with van der Waals surface area (Å²) in [6, 6.07) is -2.86. The summed E-state index contributed by atoms with van der Waals surface area (Å²) in [5, 5.41) is 10.2. The predicted octanol–water partition coefficient (Wildman–Crippen LogP) is 18.8. The average molecular weight is 1560 g/mol. The minimum absolute atomic E-state index is 0.134. The molecule has 630 valence electrons. The van der Waals surface area contributed by atoms with Crippen LogP contribution < -0.4 is 31.1 Å². The van der Waals surface area contributed by atoms with Gasteiger partial charge in [0.15, 0.2) is 0 Å². The third-order valence-corrected chi connectivity index (χ3v) is 21.0. The lowest BCUT2D eigenvalue weighted by molar-refractivity contribution is -0.227. The van der Waals surface area contributed by atoms with Gasteiger partial charge in [-0.05, 0) is 51.4 Å². The number of carbonyl (C=O) groups excluding carboxylic acids is 7. The van der Waals surface area contributed by atoms with E-state index in [0.29, 0.717) is 51.4 Å². The Bertz CT molecular complexity index is 2250. The second-order valence-electron chi connectivity index (χ2n) is 29.6. The van der Waals surface area contributed by atoms with E-state index in [9.17, 15) is 52.5 Å². The highest BCUT2D eigenvalue weighted by Crippen LogP contribution is 2.39. The first-order valence-corrected chi connectivity index (χ1v) is 46.1. The fourth-order valence-electron chi connectivity index (χ4n) is 12.6. The third kappa shape index (κ3) is 72.6. The number of phosphoric acid groups is 2. The number of carbonyl (C=O) groups is 7. The van der Waals surface area contributed by atoms with Gasteiger partial charge < -0.3 is 68.1 Å². The molecule has 0 aromatic rings. The first-order chi connectivity index (χ1) is 51.8. The molecule has 23 nitrogen and oxygen atoms in total. The molecular weight excluding hydrogens is 1410 g/mol. The molecule has 6 unspecified atom stereocenters. The summed E-state index contributed by atoms with van der Waals surface area (Å²) >= 11 is 0. The standard InChI is InChI=1S/C82H158N4O19P2/c1-7-13-19-25-29-33-36-42-46-52-74(87)66-78(89)85-72(68-98-62-58-76(54-48-40-23-17-11-5)104-80(91)56-50-44-38-32-28-22-16-10-4)70-102-106(94,95)100-64-60-83-82(93)84-61-65-101-107(96,97)103-71-73(86-79(90)67-75(88)53-47-43-37-34-30-26-20-14-8-2)69-99-63-59-77(55-49-41-24-18-12-6)105-81(92)57-51-45-39-35-31-27-21-15-9-3/h72-73,76-77H,7-71H2,1-6H3,(H,85,89)(H,86,90)(H,94,95)(H,96,97)(H2,83,84,93)/p-2. The zero-order valence-electron chi connectivity index (χ0n) is 68.4. The molecule has 4 N–H and O–H groups in total. The highest BCUT2D eigenvalue weighted by atomic mass is 31.2. The van der Waals surface area contributed by atoms with Gasteiger partial charge in [0, 0.05) is 51.6 Å². The zero-order chi connectivity index (χ0) is 78.8. The molecule has 0 aromatic heterocycles. The lowest BCUT2D eigenvalue weighted by atomic mass is 10.0. The molecule has 6 atom stereocenters. The Hall–Kier alpha value is -3.37. The topological polar surface area (TPSA) is 322 Å². The van der Waals surface area contributed by atoms with Crippen LogP contribution in [0.5, 0.6) is 0 Å². The van der Waals surface area contributed by atoms with Crippen molar-refractivity contribution in [1.82, 2.24) is 21.3 Å². The van der Waals surface area contributed by atoms with Crippen LogP contribution in [0, 0.1) is 0 Å². The van der Waals surface area contributed by atoms with E-state index in [1.54, 1.807) is 0 Å². The molecule has 0 radical (unpaired) electrons. The molecule has 0 aliphatic rings. The summed E-state index contributed by atoms with van der Waals surface area (Å²) in [4.78, 5) is 117. The van der Waals surface area contributed by atoms with Gasteiger partial charge >= 0.3 is 18.0 Å². The Morgan fingerprint density at radius 2 is 0.570 bits per heavy atom. The second kappa shape index (κ2) is 75.3. The summed E-state index contributed by atoms with van der Waals surface area (Å²) in [7, 11) is -10.1. The Kier molecular flexibility index (Phi) is 73.0. The molecule has 0 bridgehead atoms. The number of hydrogen-bond donors (Lipinski definition) is 4. The quantitative estimate of drug-likeness (QED) is 0.0190. The van der Waals surface area contributed by atoms with Gasteiger partial charge in [-0.1, -0.05) is 292 Å². The molecule has 25 heteroatoms. The molecule has 0 aliphatic heterocycles. The number of ketones is 2. The van der Waals surface area contributed by atoms with Gasteiger partial charge in [0.25, 0.3) is 15.6 Å². The van der Waals surface area contributed by atoms with Gasteiger partial charge in [-0.15, -0.1) is 0 Å². The van der Waals surface area contributed by atoms with Gasteiger partial charge in [-0.3, -0.25) is 37.9 Å². The number of rotatable bonds is 83. The first kappa shape index (κ1) is 104. The van der Waals surface area contributed by atoms with E-state index in [-0.39, 0.29) is 88.1 Å². The number of amides is 4. The van der Waals surface area contributed by atoms with E-state index in [4.69, 9.17) is 37.0 Å². The van der Waals surface area contributed by atoms with Crippen molar-refractivity contribution < 1.29 is 89.5 Å². The minimum atomic E-state index is -5.06. The predicted molar refractivity (Wildman–Crippen MR) is 424 cm³/mol. The van der Waals surface area contributed by atoms with Crippen molar-refractivity contribution in [2.45, 2.75) is 419 Å². The van der Waals surface area contributed by atoms with Crippen LogP contribution in [0.2, 0.25) is 0 Å². The van der Waals surface area contributed by atoms with Crippen molar-refractivity contribution in [1.29, 1.82) is 0 Å². The van der Waals surface area contributed by atoms with E-state index < -0.39 is 84.8 Å². The van der Waals surface area contributed by atoms with E-state index in [0.717, 1.165) is 167 Å². The number of nitrogens with one attached hydrogen (secondary N) is 4. The number of unbranched alkanes of at least 4 members (excludes halogenated alkanes) is 39. The Morgan fingerprint density at radius 1 is 0.308 bits per heavy atom. The molecule has 0 aromatic carbocycles. The molecule has 0 heterocycles. The molecule has 0 spiro atoms. The maximum absolute atomic E-state index is 13.3. The van der Waals surface area contributed by atoms with Crippen molar-refractivity contribution in [3.8, 4) is 0 Å². The SMILES string of the molecule is CCCCCCCCCCCC(=O)CC(=O)NC(COCCC(CCCCCCC)OC(=O)CCCCCCCCCC)COP(=O)([O-])OCCNC(=O)NCCOP(=O)([O-])OCC(COCCC(CCCCCCC)OC(=O)CCCCCCCCCCC)NC(=O)CC(=O)CCCCCCCCCCC. The summed E-state index contributed by atoms with van der Waals surface area (Å²) in [5.74, 6) is -2.19. The largest absolute Gasteiger partial charge is 0.756 e. The second-order valence-corrected chi connectivity index (χ2v) is 32.4. The normalized spacial score (nSPS) is 13.8. The van der Waals surface area contributed by atoms with Gasteiger partial charge in [0.2, 0.25) is 11.8 Å². The average Bonchev–Trinajstić information content (AvgIpc) is 0.937. The zero-order valence-corrected chi connectivity index (χ0v) is 70.2. The van der Waals surface area contributed by atoms with Gasteiger partial charge in [0.1, 0.15) is 23.8 Å². The maximum Gasteiger partial charge on any atom is 0.314 e. The molecule has 0 fully saturated rings. The minimum Gasteiger partial charge on any atom is -0.756 e. The molecule has 0 saturated carbocycles. The van der Waals surface area contributed by atoms with Crippen molar-refractivity contribution in [3.63, 3.8) is 0 Å². The van der Waals surface area contributed by atoms with Crippen LogP contribution in [-0.2, 0) is 74.9 Å². The van der Waals surface area contributed by atoms with E-state index in [1.807, 2.05) is 0 Å². The van der Waals surface area contributed by atoms with Crippen LogP contribution in [0.4, 0.5) is 4.79 Å². The molecule has 0 saturated heterocycles. The highest BCUT2D eigenvalue weighted by molar-refractivity contribution is 7.46. The number of phosphoric ester groups is 2. The number of hydrogen-bond acceptors (Lipinski definition) is 19. The van der Waals surface area contributed by atoms with Crippen LogP contribution in [-0.4, -0.2) is 132 Å². The fourth-order valence-corrected chi connectivity index (χ4v) is 14.1. The molecule has 4 amide bonds. The Morgan fingerprint density at radius 3 is 0.860 bits per heavy atom. The van der Waals surface area contributed by atoms with Gasteiger partial charge in [0.05, 0.1) is 77.8 Å². The van der Waals surface area contributed by atoms with E-state index in [1.165, 1.54) is 109 Å². The van der Waals surface area contributed by atoms with Crippen LogP contribution >= 0.6 is 15.6 Å². The molecule has 0 rings (SSSR count). The van der Waals surface area contributed by atoms with Crippen molar-refractivity contribution in [2.24, 2.45) is 0 Å². The number of esters is 2. The number of Topliss-reactive ketones (excluding diaryl/α,β-unsaturated/α-hetero) is 2. The van der Waals surface area contributed by atoms with Crippen molar-refractivity contribution >= 4 is 57.0 Å². The lowest BCUT2D eigenvalue weighted by Gasteiger charge is -2.26. The molecular formula is C82H156N4O19P2-2. The maximum atomic E-state index is 13.3. The summed E-state index contributed by atoms with van der Waals surface area (Å²) < 4.78 is 70.4. The van der Waals surface area contributed by atoms with Crippen molar-refractivity contribution in [2.75, 3.05) is 65.9 Å². The Balaban J connectivity index is 5.68. The summed E-state index contributed by atoms with van der Waals surface area (Å²) in [6.07, 6.45) is 50.6. The van der Waals surface area contributed by atoms with Crippen LogP contribution in [0.15, 0.2) is 0 Å². The smallest absolute Gasteiger partial charge is 0.314 e. The van der Waals surface area contributed by atoms with E-state index >= 15 is 0 Å². The highest BCUT2D eigenvalue weighted by Gasteiger charge is 2.24. The molecule has 107 heavy (non-hydrogen) atoms. The third-order valence-electron chi connectivity index (χ3n) is 19.1. The van der Waals surface area contributed by atoms with Crippen LogP contribution in [0.25, 0.3) is 0 Å². The van der Waals surface area contributed by atoms with Crippen LogP contribution in [0.1, 0.15) is 395 Å². The number of ether oxygens (including phenoxy) is 4. The monoisotopic (exact) mass is 1560 g/mol. The Labute approximate surface area is 649 Å². The number of urea groups is 1. The molecule has 0 aliphatic carbocycles. The lowest BCUT2D eigenvalue weighted by Crippen LogP contribution is -2.42. The summed E-state index contributed by atoms with van der Waals surface area (Å²) in [6.45, 7) is 9.98. The van der Waals surface area contributed by atoms with Gasteiger partial charge in [-0.2, -0.15) is 0 Å². The van der Waals surface area contributed by atoms with Crippen LogP contribution in [0.3, 0.4) is 0 Å². The summed E-state index contributed by atoms with van der Waals surface area (Å²) in [5.41, 5.74) is 0. The van der Waals surface area contributed by atoms with E-state index in [2.05, 4.69) is 62.8 Å². The fraction of sp³-hybridized carbons (Fsp3) is 0.915. The van der Waals surface area contributed by atoms with Crippen molar-refractivity contribution in [3.05, 3.63) is 0 Å². The first-order valence-electron chi connectivity index (χ1n) is 43.2. The van der Waals surface area contributed by atoms with Gasteiger partial charge in [-0.25, -0.2) is 4.79 Å².